The lowest BCUT2D eigenvalue weighted by Gasteiger charge is -2.49. The Bertz CT molecular complexity index is 836. The molecular formula is C17H19N3O6S2. The number of carboxylic acids is 1. The van der Waals surface area contributed by atoms with Gasteiger partial charge in [0.15, 0.2) is 0 Å². The molecule has 3 amide bonds. The largest absolute Gasteiger partial charge is 0.477 e. The zero-order chi connectivity index (χ0) is 20.4. The molecule has 2 aliphatic rings. The maximum atomic E-state index is 12.5. The number of hydrogen-bond acceptors (Lipinski definition) is 7. The molecule has 0 radical (unpaired) electrons. The van der Waals surface area contributed by atoms with E-state index in [2.05, 4.69) is 5.32 Å². The van der Waals surface area contributed by atoms with Crippen LogP contribution in [0.15, 0.2) is 28.8 Å². The summed E-state index contributed by atoms with van der Waals surface area (Å²) in [5.41, 5.74) is 0.171. The fourth-order valence-electron chi connectivity index (χ4n) is 2.87. The van der Waals surface area contributed by atoms with E-state index >= 15 is 0 Å². The van der Waals surface area contributed by atoms with Crippen molar-refractivity contribution in [3.05, 3.63) is 33.7 Å². The lowest BCUT2D eigenvalue weighted by Crippen LogP contribution is -2.70. The van der Waals surface area contributed by atoms with E-state index in [-0.39, 0.29) is 30.4 Å². The molecule has 0 bridgehead atoms. The van der Waals surface area contributed by atoms with Gasteiger partial charge in [0.2, 0.25) is 5.91 Å². The van der Waals surface area contributed by atoms with Gasteiger partial charge in [0, 0.05) is 30.3 Å². The van der Waals surface area contributed by atoms with Crippen LogP contribution >= 0.6 is 23.1 Å². The van der Waals surface area contributed by atoms with E-state index in [1.165, 1.54) is 42.1 Å². The van der Waals surface area contributed by atoms with Gasteiger partial charge in [0.05, 0.1) is 6.42 Å². The number of thiophene rings is 1. The zero-order valence-corrected chi connectivity index (χ0v) is 16.8. The van der Waals surface area contributed by atoms with Crippen molar-refractivity contribution >= 4 is 47.0 Å². The SMILES string of the molecule is CN(C)C(=O)OCC1=C(C(=O)O)N2C(=O)[C@@H](NC(=O)Cc3cccs3)[C@H]2SC1. The molecule has 2 aliphatic heterocycles. The van der Waals surface area contributed by atoms with Gasteiger partial charge >= 0.3 is 12.1 Å². The summed E-state index contributed by atoms with van der Waals surface area (Å²) in [5.74, 6) is -1.75. The number of carbonyl (C=O) groups is 4. The summed E-state index contributed by atoms with van der Waals surface area (Å²) < 4.78 is 5.06. The highest BCUT2D eigenvalue weighted by molar-refractivity contribution is 8.00. The third kappa shape index (κ3) is 3.99. The third-order valence-electron chi connectivity index (χ3n) is 4.22. The Labute approximate surface area is 169 Å². The van der Waals surface area contributed by atoms with Crippen LogP contribution in [0.2, 0.25) is 0 Å². The molecule has 0 unspecified atom stereocenters. The molecule has 0 aliphatic carbocycles. The van der Waals surface area contributed by atoms with Crippen LogP contribution in [0.5, 0.6) is 0 Å². The van der Waals surface area contributed by atoms with Crippen LogP contribution in [0.25, 0.3) is 0 Å². The summed E-state index contributed by atoms with van der Waals surface area (Å²) in [7, 11) is 3.03. The van der Waals surface area contributed by atoms with Crippen LogP contribution in [-0.2, 0) is 25.5 Å². The third-order valence-corrected chi connectivity index (χ3v) is 6.43. The lowest BCUT2D eigenvalue weighted by molar-refractivity contribution is -0.150. The smallest absolute Gasteiger partial charge is 0.409 e. The minimum absolute atomic E-state index is 0.173. The van der Waals surface area contributed by atoms with Gasteiger partial charge in [-0.05, 0) is 11.4 Å². The number of carboxylic acid groups (broad SMARTS) is 1. The number of amides is 3. The van der Waals surface area contributed by atoms with Gasteiger partial charge in [0.25, 0.3) is 5.91 Å². The van der Waals surface area contributed by atoms with E-state index in [0.29, 0.717) is 5.57 Å². The first kappa shape index (κ1) is 20.2. The van der Waals surface area contributed by atoms with Crippen molar-refractivity contribution in [1.29, 1.82) is 0 Å². The van der Waals surface area contributed by atoms with E-state index in [1.54, 1.807) is 0 Å². The van der Waals surface area contributed by atoms with Crippen molar-refractivity contribution in [2.24, 2.45) is 0 Å². The first-order chi connectivity index (χ1) is 13.3. The van der Waals surface area contributed by atoms with Gasteiger partial charge in [-0.3, -0.25) is 14.5 Å². The number of hydrogen-bond donors (Lipinski definition) is 2. The van der Waals surface area contributed by atoms with Gasteiger partial charge < -0.3 is 20.1 Å². The van der Waals surface area contributed by atoms with Gasteiger partial charge in [0.1, 0.15) is 23.7 Å². The quantitative estimate of drug-likeness (QED) is 0.646. The van der Waals surface area contributed by atoms with Crippen molar-refractivity contribution in [3.8, 4) is 0 Å². The summed E-state index contributed by atoms with van der Waals surface area (Å²) in [6.45, 7) is -0.211. The summed E-state index contributed by atoms with van der Waals surface area (Å²) in [6.07, 6.45) is -0.426. The maximum Gasteiger partial charge on any atom is 0.409 e. The summed E-state index contributed by atoms with van der Waals surface area (Å²) >= 11 is 2.78. The Kier molecular flexibility index (Phi) is 5.94. The van der Waals surface area contributed by atoms with Crippen LogP contribution < -0.4 is 5.32 Å². The molecule has 1 aromatic rings. The number of carbonyl (C=O) groups excluding carboxylic acids is 3. The predicted molar refractivity (Wildman–Crippen MR) is 103 cm³/mol. The van der Waals surface area contributed by atoms with Gasteiger partial charge in [-0.25, -0.2) is 9.59 Å². The first-order valence-corrected chi connectivity index (χ1v) is 10.3. The maximum absolute atomic E-state index is 12.5. The highest BCUT2D eigenvalue weighted by atomic mass is 32.2. The fourth-order valence-corrected chi connectivity index (χ4v) is 4.90. The molecule has 11 heteroatoms. The number of aliphatic carboxylic acids is 1. The standard InChI is InChI=1S/C17H19N3O6S2/c1-19(2)17(25)26-7-9-8-28-15-12(14(22)20(15)13(9)16(23)24)18-11(21)6-10-4-3-5-27-10/h3-5,12,15H,6-8H2,1-2H3,(H,18,21)(H,23,24)/t12-,15-/m1/s1. The Hall–Kier alpha value is -2.53. The molecule has 3 rings (SSSR count). The van der Waals surface area contributed by atoms with Gasteiger partial charge in [-0.1, -0.05) is 6.07 Å². The lowest BCUT2D eigenvalue weighted by atomic mass is 10.0. The molecular weight excluding hydrogens is 406 g/mol. The first-order valence-electron chi connectivity index (χ1n) is 8.35. The van der Waals surface area contributed by atoms with E-state index in [0.717, 1.165) is 9.78 Å². The number of nitrogens with zero attached hydrogens (tertiary/aromatic N) is 2. The van der Waals surface area contributed by atoms with E-state index in [9.17, 15) is 24.3 Å². The van der Waals surface area contributed by atoms with E-state index < -0.39 is 29.4 Å². The predicted octanol–water partition coefficient (Wildman–Crippen LogP) is 0.727. The number of ether oxygens (including phenoxy) is 1. The molecule has 0 aromatic carbocycles. The van der Waals surface area contributed by atoms with Crippen molar-refractivity contribution in [3.63, 3.8) is 0 Å². The average molecular weight is 425 g/mol. The fraction of sp³-hybridized carbons (Fsp3) is 0.412. The normalized spacial score (nSPS) is 20.9. The Morgan fingerprint density at radius 1 is 1.39 bits per heavy atom. The molecule has 0 saturated carbocycles. The summed E-state index contributed by atoms with van der Waals surface area (Å²) in [5, 5.41) is 13.6. The second-order valence-corrected chi connectivity index (χ2v) is 8.55. The van der Waals surface area contributed by atoms with Gasteiger partial charge in [-0.15, -0.1) is 23.1 Å². The summed E-state index contributed by atoms with van der Waals surface area (Å²) in [6, 6.07) is 2.91. The second-order valence-electron chi connectivity index (χ2n) is 6.42. The van der Waals surface area contributed by atoms with Crippen molar-refractivity contribution in [2.75, 3.05) is 26.5 Å². The minimum atomic E-state index is -1.27. The van der Waals surface area contributed by atoms with Crippen LogP contribution in [0, 0.1) is 0 Å². The van der Waals surface area contributed by atoms with Crippen LogP contribution in [0.1, 0.15) is 4.88 Å². The molecule has 3 heterocycles. The van der Waals surface area contributed by atoms with Crippen molar-refractivity contribution in [1.82, 2.24) is 15.1 Å². The molecule has 1 saturated heterocycles. The molecule has 28 heavy (non-hydrogen) atoms. The van der Waals surface area contributed by atoms with E-state index in [1.807, 2.05) is 17.5 Å². The molecule has 150 valence electrons. The van der Waals surface area contributed by atoms with Crippen LogP contribution in [-0.4, -0.2) is 76.7 Å². The molecule has 0 spiro atoms. The highest BCUT2D eigenvalue weighted by Gasteiger charge is 2.54. The van der Waals surface area contributed by atoms with Crippen molar-refractivity contribution in [2.45, 2.75) is 17.8 Å². The number of β-lactam (4-membered cyclic amide) rings is 1. The monoisotopic (exact) mass is 425 g/mol. The molecule has 1 fully saturated rings. The van der Waals surface area contributed by atoms with Crippen molar-refractivity contribution < 1.29 is 29.0 Å². The molecule has 2 N–H and O–H groups in total. The van der Waals surface area contributed by atoms with E-state index in [4.69, 9.17) is 4.74 Å². The van der Waals surface area contributed by atoms with Crippen LogP contribution in [0.4, 0.5) is 4.79 Å². The number of fused-ring (bicyclic) bond motifs is 1. The second kappa shape index (κ2) is 8.23. The number of nitrogens with one attached hydrogen (secondary N) is 1. The Morgan fingerprint density at radius 3 is 2.75 bits per heavy atom. The molecule has 1 aromatic heterocycles. The Morgan fingerprint density at radius 2 is 2.14 bits per heavy atom. The van der Waals surface area contributed by atoms with Crippen LogP contribution in [0.3, 0.4) is 0 Å². The Balaban J connectivity index is 1.68. The number of thioether (sulfide) groups is 1. The number of rotatable bonds is 6. The molecule has 9 nitrogen and oxygen atoms in total. The topological polar surface area (TPSA) is 116 Å². The average Bonchev–Trinajstić information content (AvgIpc) is 3.15. The molecule has 2 atom stereocenters. The zero-order valence-electron chi connectivity index (χ0n) is 15.2. The van der Waals surface area contributed by atoms with Gasteiger partial charge in [-0.2, -0.15) is 0 Å². The minimum Gasteiger partial charge on any atom is -0.477 e. The highest BCUT2D eigenvalue weighted by Crippen LogP contribution is 2.40. The summed E-state index contributed by atoms with van der Waals surface area (Å²) in [4.78, 5) is 51.3.